The molecule has 0 atom stereocenters. The van der Waals surface area contributed by atoms with Gasteiger partial charge in [0.25, 0.3) is 5.91 Å². The van der Waals surface area contributed by atoms with Gasteiger partial charge in [0.05, 0.1) is 22.3 Å². The van der Waals surface area contributed by atoms with Gasteiger partial charge in [0.1, 0.15) is 0 Å². The molecule has 5 heteroatoms. The van der Waals surface area contributed by atoms with Crippen LogP contribution in [0.5, 0.6) is 0 Å². The lowest BCUT2D eigenvalue weighted by Gasteiger charge is -2.35. The van der Waals surface area contributed by atoms with Crippen LogP contribution in [0.15, 0.2) is 23.7 Å². The van der Waals surface area contributed by atoms with E-state index in [0.717, 1.165) is 35.9 Å². The predicted octanol–water partition coefficient (Wildman–Crippen LogP) is 2.97. The third-order valence-electron chi connectivity index (χ3n) is 4.47. The Bertz CT molecular complexity index is 632. The fourth-order valence-electron chi connectivity index (χ4n) is 3.06. The second kappa shape index (κ2) is 6.12. The van der Waals surface area contributed by atoms with E-state index in [4.69, 9.17) is 0 Å². The molecule has 0 saturated heterocycles. The monoisotopic (exact) mass is 304 g/mol. The fraction of sp³-hybridized carbons (Fsp3) is 0.500. The Balaban J connectivity index is 1.67. The summed E-state index contributed by atoms with van der Waals surface area (Å²) in [5.41, 5.74) is 3.25. The third kappa shape index (κ3) is 3.09. The van der Waals surface area contributed by atoms with E-state index in [9.17, 15) is 9.90 Å². The standard InChI is InChI=1S/C16H20N2O2S/c19-10-16(6-2-1-3-7-16)9-17-15(20)12-4-5-13-14(8-12)21-11-18-13/h4-5,8,11,19H,1-3,6-7,9-10H2,(H,17,20). The highest BCUT2D eigenvalue weighted by molar-refractivity contribution is 7.16. The van der Waals surface area contributed by atoms with E-state index in [-0.39, 0.29) is 17.9 Å². The molecular formula is C16H20N2O2S. The lowest BCUT2D eigenvalue weighted by Crippen LogP contribution is -2.41. The summed E-state index contributed by atoms with van der Waals surface area (Å²) in [4.78, 5) is 16.5. The van der Waals surface area contributed by atoms with Gasteiger partial charge in [0.15, 0.2) is 0 Å². The van der Waals surface area contributed by atoms with Crippen molar-refractivity contribution in [1.82, 2.24) is 10.3 Å². The van der Waals surface area contributed by atoms with E-state index in [1.165, 1.54) is 17.8 Å². The van der Waals surface area contributed by atoms with Crippen LogP contribution >= 0.6 is 11.3 Å². The first-order valence-corrected chi connectivity index (χ1v) is 8.33. The molecule has 1 aromatic carbocycles. The topological polar surface area (TPSA) is 62.2 Å². The van der Waals surface area contributed by atoms with Crippen molar-refractivity contribution >= 4 is 27.5 Å². The van der Waals surface area contributed by atoms with E-state index < -0.39 is 0 Å². The Kier molecular flexibility index (Phi) is 4.22. The number of rotatable bonds is 4. The average molecular weight is 304 g/mol. The Morgan fingerprint density at radius 2 is 2.14 bits per heavy atom. The first kappa shape index (κ1) is 14.5. The number of aliphatic hydroxyl groups excluding tert-OH is 1. The van der Waals surface area contributed by atoms with Crippen LogP contribution in [0.25, 0.3) is 10.2 Å². The third-order valence-corrected chi connectivity index (χ3v) is 5.26. The van der Waals surface area contributed by atoms with Crippen molar-refractivity contribution in [2.24, 2.45) is 5.41 Å². The van der Waals surface area contributed by atoms with E-state index in [1.54, 1.807) is 5.51 Å². The van der Waals surface area contributed by atoms with Crippen LogP contribution in [0, 0.1) is 5.41 Å². The summed E-state index contributed by atoms with van der Waals surface area (Å²) < 4.78 is 1.03. The number of thiazole rings is 1. The van der Waals surface area contributed by atoms with Crippen LogP contribution in [0.1, 0.15) is 42.5 Å². The number of carbonyl (C=O) groups is 1. The maximum atomic E-state index is 12.3. The van der Waals surface area contributed by atoms with Gasteiger partial charge in [0, 0.05) is 17.5 Å². The number of nitrogens with one attached hydrogen (secondary N) is 1. The van der Waals surface area contributed by atoms with Crippen molar-refractivity contribution in [3.63, 3.8) is 0 Å². The van der Waals surface area contributed by atoms with Gasteiger partial charge in [-0.05, 0) is 31.0 Å². The molecule has 1 amide bonds. The van der Waals surface area contributed by atoms with E-state index in [0.29, 0.717) is 12.1 Å². The number of aromatic nitrogens is 1. The summed E-state index contributed by atoms with van der Waals surface area (Å²) in [6, 6.07) is 5.57. The van der Waals surface area contributed by atoms with Gasteiger partial charge >= 0.3 is 0 Å². The summed E-state index contributed by atoms with van der Waals surface area (Å²) in [5.74, 6) is -0.0660. The molecule has 21 heavy (non-hydrogen) atoms. The smallest absolute Gasteiger partial charge is 0.251 e. The van der Waals surface area contributed by atoms with Crippen molar-refractivity contribution in [3.8, 4) is 0 Å². The molecule has 0 aliphatic heterocycles. The second-order valence-corrected chi connectivity index (χ2v) is 6.82. The van der Waals surface area contributed by atoms with Gasteiger partial charge in [-0.3, -0.25) is 4.79 Å². The molecule has 112 valence electrons. The first-order chi connectivity index (χ1) is 10.2. The Morgan fingerprint density at radius 1 is 1.33 bits per heavy atom. The van der Waals surface area contributed by atoms with Crippen LogP contribution in [-0.2, 0) is 0 Å². The number of carbonyl (C=O) groups excluding carboxylic acids is 1. The molecule has 1 aliphatic rings. The maximum Gasteiger partial charge on any atom is 0.251 e. The summed E-state index contributed by atoms with van der Waals surface area (Å²) >= 11 is 1.54. The maximum absolute atomic E-state index is 12.3. The highest BCUT2D eigenvalue weighted by Crippen LogP contribution is 2.35. The van der Waals surface area contributed by atoms with Gasteiger partial charge in [0.2, 0.25) is 0 Å². The molecule has 1 aromatic heterocycles. The number of aliphatic hydroxyl groups is 1. The molecule has 1 aliphatic carbocycles. The van der Waals surface area contributed by atoms with E-state index in [1.807, 2.05) is 18.2 Å². The molecule has 4 nitrogen and oxygen atoms in total. The molecule has 0 radical (unpaired) electrons. The van der Waals surface area contributed by atoms with Crippen molar-refractivity contribution in [2.45, 2.75) is 32.1 Å². The molecule has 0 spiro atoms. The van der Waals surface area contributed by atoms with Crippen molar-refractivity contribution in [3.05, 3.63) is 29.3 Å². The van der Waals surface area contributed by atoms with Gasteiger partial charge in [-0.1, -0.05) is 19.3 Å². The molecular weight excluding hydrogens is 284 g/mol. The Labute approximate surface area is 128 Å². The molecule has 2 aromatic rings. The van der Waals surface area contributed by atoms with Crippen molar-refractivity contribution < 1.29 is 9.90 Å². The lowest BCUT2D eigenvalue weighted by molar-refractivity contribution is 0.0718. The predicted molar refractivity (Wildman–Crippen MR) is 84.6 cm³/mol. The second-order valence-electron chi connectivity index (χ2n) is 5.94. The van der Waals surface area contributed by atoms with Crippen LogP contribution in [0.2, 0.25) is 0 Å². The zero-order valence-electron chi connectivity index (χ0n) is 12.0. The number of nitrogens with zero attached hydrogens (tertiary/aromatic N) is 1. The zero-order valence-corrected chi connectivity index (χ0v) is 12.8. The van der Waals surface area contributed by atoms with Crippen LogP contribution in [-0.4, -0.2) is 29.1 Å². The van der Waals surface area contributed by atoms with Gasteiger partial charge < -0.3 is 10.4 Å². The summed E-state index contributed by atoms with van der Waals surface area (Å²) in [6.07, 6.45) is 5.51. The summed E-state index contributed by atoms with van der Waals surface area (Å²) in [5, 5.41) is 12.7. The van der Waals surface area contributed by atoms with Crippen molar-refractivity contribution in [1.29, 1.82) is 0 Å². The van der Waals surface area contributed by atoms with E-state index >= 15 is 0 Å². The number of benzene rings is 1. The van der Waals surface area contributed by atoms with Gasteiger partial charge in [-0.2, -0.15) is 0 Å². The molecule has 1 heterocycles. The van der Waals surface area contributed by atoms with Crippen molar-refractivity contribution in [2.75, 3.05) is 13.2 Å². The normalized spacial score (nSPS) is 17.8. The molecule has 2 N–H and O–H groups in total. The minimum Gasteiger partial charge on any atom is -0.396 e. The summed E-state index contributed by atoms with van der Waals surface area (Å²) in [6.45, 7) is 0.713. The largest absolute Gasteiger partial charge is 0.396 e. The minimum atomic E-state index is -0.123. The van der Waals surface area contributed by atoms with Crippen LogP contribution in [0.3, 0.4) is 0 Å². The summed E-state index contributed by atoms with van der Waals surface area (Å²) in [7, 11) is 0. The average Bonchev–Trinajstić information content (AvgIpc) is 3.01. The number of fused-ring (bicyclic) bond motifs is 1. The highest BCUT2D eigenvalue weighted by Gasteiger charge is 2.31. The van der Waals surface area contributed by atoms with Crippen LogP contribution < -0.4 is 5.32 Å². The highest BCUT2D eigenvalue weighted by atomic mass is 32.1. The molecule has 0 unspecified atom stereocenters. The Morgan fingerprint density at radius 3 is 2.90 bits per heavy atom. The lowest BCUT2D eigenvalue weighted by atomic mass is 9.74. The number of hydrogen-bond acceptors (Lipinski definition) is 4. The minimum absolute atomic E-state index is 0.0660. The van der Waals surface area contributed by atoms with Gasteiger partial charge in [-0.25, -0.2) is 4.98 Å². The number of hydrogen-bond donors (Lipinski definition) is 2. The SMILES string of the molecule is O=C(NCC1(CO)CCCCC1)c1ccc2ncsc2c1. The molecule has 0 bridgehead atoms. The Hall–Kier alpha value is -1.46. The van der Waals surface area contributed by atoms with Crippen LogP contribution in [0.4, 0.5) is 0 Å². The zero-order chi connectivity index (χ0) is 14.7. The molecule has 1 fully saturated rings. The molecule has 3 rings (SSSR count). The van der Waals surface area contributed by atoms with E-state index in [2.05, 4.69) is 10.3 Å². The number of amides is 1. The first-order valence-electron chi connectivity index (χ1n) is 7.45. The molecule has 1 saturated carbocycles. The quantitative estimate of drug-likeness (QED) is 0.913. The fourth-order valence-corrected chi connectivity index (χ4v) is 3.78. The van der Waals surface area contributed by atoms with Gasteiger partial charge in [-0.15, -0.1) is 11.3 Å².